The van der Waals surface area contributed by atoms with Crippen molar-refractivity contribution < 1.29 is 9.59 Å². The van der Waals surface area contributed by atoms with Gasteiger partial charge in [-0.05, 0) is 17.7 Å². The van der Waals surface area contributed by atoms with Crippen molar-refractivity contribution in [3.63, 3.8) is 0 Å². The van der Waals surface area contributed by atoms with Gasteiger partial charge in [0.25, 0.3) is 0 Å². The molecule has 24 heavy (non-hydrogen) atoms. The summed E-state index contributed by atoms with van der Waals surface area (Å²) in [6, 6.07) is 7.43. The predicted octanol–water partition coefficient (Wildman–Crippen LogP) is 3.59. The maximum absolute atomic E-state index is 12.3. The van der Waals surface area contributed by atoms with Crippen LogP contribution in [0, 0.1) is 5.92 Å². The number of carbonyl (C=O) groups excluding carboxylic acids is 2. The van der Waals surface area contributed by atoms with Crippen molar-refractivity contribution in [2.24, 2.45) is 5.92 Å². The Morgan fingerprint density at radius 2 is 2.12 bits per heavy atom. The van der Waals surface area contributed by atoms with E-state index in [0.29, 0.717) is 22.4 Å². The maximum atomic E-state index is 12.3. The Bertz CT molecular complexity index is 730. The van der Waals surface area contributed by atoms with Gasteiger partial charge in [0.2, 0.25) is 11.8 Å². The largest absolute Gasteiger partial charge is 0.341 e. The van der Waals surface area contributed by atoms with Crippen LogP contribution in [0.25, 0.3) is 0 Å². The fourth-order valence-electron chi connectivity index (χ4n) is 1.98. The van der Waals surface area contributed by atoms with Crippen LogP contribution in [0.15, 0.2) is 29.6 Å². The number of anilines is 1. The Labute approximate surface area is 150 Å². The monoisotopic (exact) mass is 365 g/mol. The quantitative estimate of drug-likeness (QED) is 0.850. The van der Waals surface area contributed by atoms with Gasteiger partial charge in [0, 0.05) is 29.9 Å². The molecule has 0 aliphatic heterocycles. The van der Waals surface area contributed by atoms with Crippen LogP contribution in [0.5, 0.6) is 0 Å². The van der Waals surface area contributed by atoms with Crippen molar-refractivity contribution in [3.8, 4) is 0 Å². The van der Waals surface area contributed by atoms with Crippen molar-refractivity contribution >= 4 is 39.9 Å². The molecule has 0 saturated carbocycles. The van der Waals surface area contributed by atoms with Gasteiger partial charge in [-0.25, -0.2) is 4.98 Å². The topological polar surface area (TPSA) is 62.3 Å². The van der Waals surface area contributed by atoms with Gasteiger partial charge in [-0.15, -0.1) is 11.3 Å². The van der Waals surface area contributed by atoms with E-state index in [1.165, 1.54) is 11.3 Å². The van der Waals surface area contributed by atoms with Gasteiger partial charge >= 0.3 is 0 Å². The number of amides is 2. The minimum absolute atomic E-state index is 0.0398. The number of nitrogens with zero attached hydrogens (tertiary/aromatic N) is 2. The van der Waals surface area contributed by atoms with E-state index in [0.717, 1.165) is 5.56 Å². The van der Waals surface area contributed by atoms with E-state index in [9.17, 15) is 9.59 Å². The van der Waals surface area contributed by atoms with Gasteiger partial charge in [0.15, 0.2) is 5.13 Å². The van der Waals surface area contributed by atoms with E-state index in [4.69, 9.17) is 11.6 Å². The first-order valence-electron chi connectivity index (χ1n) is 7.59. The maximum Gasteiger partial charge on any atom is 0.228 e. The van der Waals surface area contributed by atoms with Gasteiger partial charge in [0.05, 0.1) is 12.1 Å². The molecule has 0 aliphatic carbocycles. The molecule has 0 atom stereocenters. The second-order valence-electron chi connectivity index (χ2n) is 5.84. The molecule has 2 aromatic rings. The zero-order chi connectivity index (χ0) is 17.7. The normalized spacial score (nSPS) is 10.7. The van der Waals surface area contributed by atoms with Gasteiger partial charge in [-0.3, -0.25) is 9.59 Å². The average Bonchev–Trinajstić information content (AvgIpc) is 2.94. The highest BCUT2D eigenvalue weighted by molar-refractivity contribution is 7.13. The Morgan fingerprint density at radius 1 is 1.38 bits per heavy atom. The molecular formula is C17H20ClN3O2S. The second kappa shape index (κ2) is 8.26. The van der Waals surface area contributed by atoms with Gasteiger partial charge < -0.3 is 10.2 Å². The third-order valence-corrected chi connectivity index (χ3v) is 4.41. The van der Waals surface area contributed by atoms with E-state index in [1.807, 2.05) is 32.0 Å². The molecule has 2 rings (SSSR count). The van der Waals surface area contributed by atoms with Gasteiger partial charge in [0.1, 0.15) is 0 Å². The molecule has 7 heteroatoms. The summed E-state index contributed by atoms with van der Waals surface area (Å²) >= 11 is 7.28. The molecule has 5 nitrogen and oxygen atoms in total. The van der Waals surface area contributed by atoms with Crippen LogP contribution in [0.1, 0.15) is 25.1 Å². The first-order valence-corrected chi connectivity index (χ1v) is 8.84. The lowest BCUT2D eigenvalue weighted by Crippen LogP contribution is -2.27. The summed E-state index contributed by atoms with van der Waals surface area (Å²) < 4.78 is 0. The number of benzene rings is 1. The molecule has 0 spiro atoms. The lowest BCUT2D eigenvalue weighted by molar-refractivity contribution is -0.129. The summed E-state index contributed by atoms with van der Waals surface area (Å²) in [6.07, 6.45) is 0.200. The van der Waals surface area contributed by atoms with E-state index < -0.39 is 0 Å². The van der Waals surface area contributed by atoms with E-state index in [2.05, 4.69) is 10.3 Å². The Balaban J connectivity index is 1.92. The summed E-state index contributed by atoms with van der Waals surface area (Å²) in [7, 11) is 1.75. The van der Waals surface area contributed by atoms with Crippen molar-refractivity contribution in [1.82, 2.24) is 9.88 Å². The van der Waals surface area contributed by atoms with Crippen molar-refractivity contribution in [2.45, 2.75) is 26.8 Å². The molecule has 1 aromatic heterocycles. The number of carbonyl (C=O) groups is 2. The molecule has 1 aromatic carbocycles. The summed E-state index contributed by atoms with van der Waals surface area (Å²) in [6.45, 7) is 4.12. The zero-order valence-electron chi connectivity index (χ0n) is 13.9. The van der Waals surface area contributed by atoms with Gasteiger partial charge in [-0.1, -0.05) is 37.6 Å². The molecule has 128 valence electrons. The zero-order valence-corrected chi connectivity index (χ0v) is 15.4. The molecule has 1 heterocycles. The summed E-state index contributed by atoms with van der Waals surface area (Å²) in [4.78, 5) is 29.9. The molecule has 0 unspecified atom stereocenters. The van der Waals surface area contributed by atoms with Crippen LogP contribution >= 0.6 is 22.9 Å². The number of thiazole rings is 1. The molecule has 0 radical (unpaired) electrons. The highest BCUT2D eigenvalue weighted by Crippen LogP contribution is 2.18. The number of hydrogen-bond acceptors (Lipinski definition) is 4. The molecular weight excluding hydrogens is 346 g/mol. The summed E-state index contributed by atoms with van der Waals surface area (Å²) in [5.41, 5.74) is 1.63. The van der Waals surface area contributed by atoms with Crippen LogP contribution in [-0.2, 0) is 22.6 Å². The first-order chi connectivity index (χ1) is 11.3. The SMILES string of the molecule is CC(C)C(=O)Nc1nc(CC(=O)N(C)Cc2cccc(Cl)c2)cs1. The van der Waals surface area contributed by atoms with Crippen LogP contribution in [-0.4, -0.2) is 28.7 Å². The predicted molar refractivity (Wildman–Crippen MR) is 97.2 cm³/mol. The van der Waals surface area contributed by atoms with Crippen molar-refractivity contribution in [1.29, 1.82) is 0 Å². The van der Waals surface area contributed by atoms with Crippen molar-refractivity contribution in [3.05, 3.63) is 45.9 Å². The number of rotatable bonds is 6. The molecule has 0 aliphatic rings. The van der Waals surface area contributed by atoms with Crippen LogP contribution in [0.3, 0.4) is 0 Å². The number of likely N-dealkylation sites (N-methyl/N-ethyl adjacent to an activating group) is 1. The molecule has 0 bridgehead atoms. The van der Waals surface area contributed by atoms with E-state index in [1.54, 1.807) is 23.4 Å². The smallest absolute Gasteiger partial charge is 0.228 e. The minimum atomic E-state index is -0.109. The summed E-state index contributed by atoms with van der Waals surface area (Å²) in [5.74, 6) is -0.231. The third-order valence-electron chi connectivity index (χ3n) is 3.37. The summed E-state index contributed by atoms with van der Waals surface area (Å²) in [5, 5.41) is 5.71. The van der Waals surface area contributed by atoms with Crippen LogP contribution in [0.2, 0.25) is 5.02 Å². The number of nitrogens with one attached hydrogen (secondary N) is 1. The van der Waals surface area contributed by atoms with E-state index in [-0.39, 0.29) is 24.2 Å². The Morgan fingerprint density at radius 3 is 2.79 bits per heavy atom. The Kier molecular flexibility index (Phi) is 6.34. The fourth-order valence-corrected chi connectivity index (χ4v) is 2.91. The minimum Gasteiger partial charge on any atom is -0.341 e. The Hall–Kier alpha value is -1.92. The average molecular weight is 366 g/mol. The highest BCUT2D eigenvalue weighted by Gasteiger charge is 2.14. The second-order valence-corrected chi connectivity index (χ2v) is 7.14. The number of halogens is 1. The van der Waals surface area contributed by atoms with E-state index >= 15 is 0 Å². The van der Waals surface area contributed by atoms with Gasteiger partial charge in [-0.2, -0.15) is 0 Å². The lowest BCUT2D eigenvalue weighted by atomic mass is 10.2. The lowest BCUT2D eigenvalue weighted by Gasteiger charge is -2.16. The van der Waals surface area contributed by atoms with Crippen LogP contribution in [0.4, 0.5) is 5.13 Å². The molecule has 0 saturated heterocycles. The first kappa shape index (κ1) is 18.4. The molecule has 1 N–H and O–H groups in total. The number of hydrogen-bond donors (Lipinski definition) is 1. The third kappa shape index (κ3) is 5.32. The van der Waals surface area contributed by atoms with Crippen molar-refractivity contribution in [2.75, 3.05) is 12.4 Å². The number of aromatic nitrogens is 1. The fraction of sp³-hybridized carbons (Fsp3) is 0.353. The standard InChI is InChI=1S/C17H20ClN3O2S/c1-11(2)16(23)20-17-19-14(10-24-17)8-15(22)21(3)9-12-5-4-6-13(18)7-12/h4-7,10-11H,8-9H2,1-3H3,(H,19,20,23). The van der Waals surface area contributed by atoms with Crippen LogP contribution < -0.4 is 5.32 Å². The molecule has 0 fully saturated rings. The highest BCUT2D eigenvalue weighted by atomic mass is 35.5. The molecule has 2 amide bonds.